The van der Waals surface area contributed by atoms with Gasteiger partial charge in [-0.2, -0.15) is 0 Å². The van der Waals surface area contributed by atoms with Gasteiger partial charge in [0.2, 0.25) is 11.8 Å². The lowest BCUT2D eigenvalue weighted by Gasteiger charge is -2.33. The van der Waals surface area contributed by atoms with Gasteiger partial charge < -0.3 is 15.1 Å². The van der Waals surface area contributed by atoms with E-state index in [2.05, 4.69) is 17.1 Å². The van der Waals surface area contributed by atoms with Crippen LogP contribution < -0.4 is 10.2 Å². The molecule has 2 aliphatic rings. The van der Waals surface area contributed by atoms with Crippen LogP contribution in [0.15, 0.2) is 41.8 Å². The third-order valence-corrected chi connectivity index (χ3v) is 7.51. The molecule has 1 aromatic heterocycles. The van der Waals surface area contributed by atoms with Gasteiger partial charge in [0.05, 0.1) is 12.0 Å². The SMILES string of the molecule is CCCCN1CCC(NC(=O)C2CC(=O)N(c3ccc(C)cc3)C2c2cccs2)CC1. The van der Waals surface area contributed by atoms with Crippen molar-refractivity contribution in [1.29, 1.82) is 0 Å². The molecule has 2 aromatic rings. The number of carbonyl (C=O) groups excluding carboxylic acids is 2. The van der Waals surface area contributed by atoms with Crippen molar-refractivity contribution >= 4 is 28.8 Å². The Bertz CT molecular complexity index is 873. The highest BCUT2D eigenvalue weighted by Gasteiger charge is 2.46. The molecule has 0 bridgehead atoms. The van der Waals surface area contributed by atoms with E-state index in [4.69, 9.17) is 0 Å². The smallest absolute Gasteiger partial charge is 0.228 e. The van der Waals surface area contributed by atoms with Gasteiger partial charge in [-0.3, -0.25) is 9.59 Å². The fourth-order valence-corrected chi connectivity index (χ4v) is 5.64. The summed E-state index contributed by atoms with van der Waals surface area (Å²) in [7, 11) is 0. The summed E-state index contributed by atoms with van der Waals surface area (Å²) in [5, 5.41) is 5.31. The molecule has 0 saturated carbocycles. The third kappa shape index (κ3) is 5.01. The van der Waals surface area contributed by atoms with Gasteiger partial charge in [0.1, 0.15) is 0 Å². The topological polar surface area (TPSA) is 52.7 Å². The Morgan fingerprint density at radius 2 is 1.90 bits per heavy atom. The quantitative estimate of drug-likeness (QED) is 0.690. The van der Waals surface area contributed by atoms with Gasteiger partial charge in [-0.1, -0.05) is 37.1 Å². The number of rotatable bonds is 7. The first-order chi connectivity index (χ1) is 15.1. The van der Waals surface area contributed by atoms with E-state index in [1.165, 1.54) is 12.8 Å². The summed E-state index contributed by atoms with van der Waals surface area (Å²) in [5.41, 5.74) is 2.02. The molecule has 6 heteroatoms. The molecule has 2 unspecified atom stereocenters. The van der Waals surface area contributed by atoms with Crippen molar-refractivity contribution in [3.8, 4) is 0 Å². The van der Waals surface area contributed by atoms with Crippen molar-refractivity contribution in [2.24, 2.45) is 5.92 Å². The summed E-state index contributed by atoms with van der Waals surface area (Å²) in [6.07, 6.45) is 4.69. The van der Waals surface area contributed by atoms with E-state index >= 15 is 0 Å². The van der Waals surface area contributed by atoms with E-state index < -0.39 is 0 Å². The van der Waals surface area contributed by atoms with Gasteiger partial charge in [-0.25, -0.2) is 0 Å². The number of nitrogens with zero attached hydrogens (tertiary/aromatic N) is 2. The molecule has 0 spiro atoms. The highest BCUT2D eigenvalue weighted by molar-refractivity contribution is 7.10. The number of aryl methyl sites for hydroxylation is 1. The van der Waals surface area contributed by atoms with Crippen molar-refractivity contribution in [2.75, 3.05) is 24.5 Å². The number of piperidine rings is 1. The van der Waals surface area contributed by atoms with Crippen LogP contribution in [-0.4, -0.2) is 42.4 Å². The maximum Gasteiger partial charge on any atom is 0.228 e. The second-order valence-electron chi connectivity index (χ2n) is 8.85. The summed E-state index contributed by atoms with van der Waals surface area (Å²) in [5.74, 6) is -0.310. The minimum Gasteiger partial charge on any atom is -0.353 e. The van der Waals surface area contributed by atoms with Crippen molar-refractivity contribution < 1.29 is 9.59 Å². The number of anilines is 1. The Balaban J connectivity index is 1.47. The molecule has 2 aliphatic heterocycles. The van der Waals surface area contributed by atoms with Gasteiger partial charge in [0.25, 0.3) is 0 Å². The van der Waals surface area contributed by atoms with Crippen molar-refractivity contribution in [3.05, 3.63) is 52.2 Å². The molecule has 2 amide bonds. The van der Waals surface area contributed by atoms with Gasteiger partial charge in [-0.05, 0) is 56.3 Å². The standard InChI is InChI=1S/C25H33N3O2S/c1-3-4-13-27-14-11-19(12-15-27)26-25(30)21-17-23(29)28(20-9-7-18(2)8-10-20)24(21)22-6-5-16-31-22/h5-10,16,19,21,24H,3-4,11-15,17H2,1-2H3,(H,26,30). The fraction of sp³-hybridized carbons (Fsp3) is 0.520. The molecule has 2 saturated heterocycles. The number of thiophene rings is 1. The first kappa shape index (κ1) is 22.0. The molecule has 0 aliphatic carbocycles. The van der Waals surface area contributed by atoms with E-state index in [0.717, 1.165) is 48.6 Å². The number of amides is 2. The van der Waals surface area contributed by atoms with Crippen LogP contribution in [0, 0.1) is 12.8 Å². The number of nitrogens with one attached hydrogen (secondary N) is 1. The molecular formula is C25H33N3O2S. The summed E-state index contributed by atoms with van der Waals surface area (Å²) >= 11 is 1.62. The minimum absolute atomic E-state index is 0.0216. The number of likely N-dealkylation sites (tertiary alicyclic amines) is 1. The van der Waals surface area contributed by atoms with Crippen LogP contribution in [-0.2, 0) is 9.59 Å². The maximum absolute atomic E-state index is 13.4. The van der Waals surface area contributed by atoms with Crippen LogP contribution in [0.4, 0.5) is 5.69 Å². The second kappa shape index (κ2) is 9.96. The molecule has 1 aromatic carbocycles. The van der Waals surface area contributed by atoms with Gasteiger partial charge in [0.15, 0.2) is 0 Å². The summed E-state index contributed by atoms with van der Waals surface area (Å²) in [6.45, 7) is 7.49. The molecule has 3 heterocycles. The highest BCUT2D eigenvalue weighted by atomic mass is 32.1. The Labute approximate surface area is 189 Å². The van der Waals surface area contributed by atoms with E-state index in [1.807, 2.05) is 53.6 Å². The first-order valence-corrected chi connectivity index (χ1v) is 12.4. The van der Waals surface area contributed by atoms with Crippen molar-refractivity contribution in [3.63, 3.8) is 0 Å². The van der Waals surface area contributed by atoms with Crippen molar-refractivity contribution in [1.82, 2.24) is 10.2 Å². The molecule has 2 fully saturated rings. The van der Waals surface area contributed by atoms with Crippen molar-refractivity contribution in [2.45, 2.75) is 58.0 Å². The Hall–Kier alpha value is -2.18. The van der Waals surface area contributed by atoms with Crippen LogP contribution in [0.5, 0.6) is 0 Å². The molecule has 5 nitrogen and oxygen atoms in total. The minimum atomic E-state index is -0.356. The lowest BCUT2D eigenvalue weighted by atomic mass is 9.96. The normalized spacial score (nSPS) is 22.8. The third-order valence-electron chi connectivity index (χ3n) is 6.57. The first-order valence-electron chi connectivity index (χ1n) is 11.5. The molecule has 2 atom stereocenters. The van der Waals surface area contributed by atoms with Gasteiger partial charge in [0, 0.05) is 36.1 Å². The van der Waals surface area contributed by atoms with Gasteiger partial charge in [-0.15, -0.1) is 11.3 Å². The predicted molar refractivity (Wildman–Crippen MR) is 126 cm³/mol. The molecular weight excluding hydrogens is 406 g/mol. The molecule has 166 valence electrons. The summed E-state index contributed by atoms with van der Waals surface area (Å²) in [6, 6.07) is 12.0. The van der Waals surface area contributed by atoms with Crippen LogP contribution >= 0.6 is 11.3 Å². The zero-order valence-electron chi connectivity index (χ0n) is 18.5. The molecule has 0 radical (unpaired) electrons. The number of carbonyl (C=O) groups is 2. The number of hydrogen-bond acceptors (Lipinski definition) is 4. The Kier molecular flexibility index (Phi) is 7.08. The zero-order chi connectivity index (χ0) is 21.8. The number of benzene rings is 1. The van der Waals surface area contributed by atoms with Crippen LogP contribution in [0.25, 0.3) is 0 Å². The zero-order valence-corrected chi connectivity index (χ0v) is 19.4. The van der Waals surface area contributed by atoms with Crippen LogP contribution in [0.1, 0.15) is 55.5 Å². The van der Waals surface area contributed by atoms with Gasteiger partial charge >= 0.3 is 0 Å². The van der Waals surface area contributed by atoms with E-state index in [-0.39, 0.29) is 36.2 Å². The average Bonchev–Trinajstić information content (AvgIpc) is 3.41. The average molecular weight is 440 g/mol. The van der Waals surface area contributed by atoms with E-state index in [0.29, 0.717) is 0 Å². The lowest BCUT2D eigenvalue weighted by Crippen LogP contribution is -2.47. The van der Waals surface area contributed by atoms with E-state index in [9.17, 15) is 9.59 Å². The second-order valence-corrected chi connectivity index (χ2v) is 9.83. The predicted octanol–water partition coefficient (Wildman–Crippen LogP) is 4.53. The maximum atomic E-state index is 13.4. The Morgan fingerprint density at radius 1 is 1.16 bits per heavy atom. The summed E-state index contributed by atoms with van der Waals surface area (Å²) in [4.78, 5) is 31.8. The largest absolute Gasteiger partial charge is 0.353 e. The molecule has 4 rings (SSSR count). The summed E-state index contributed by atoms with van der Waals surface area (Å²) < 4.78 is 0. The van der Waals surface area contributed by atoms with Crippen LogP contribution in [0.3, 0.4) is 0 Å². The number of unbranched alkanes of at least 4 members (excludes halogenated alkanes) is 1. The molecule has 1 N–H and O–H groups in total. The van der Waals surface area contributed by atoms with E-state index in [1.54, 1.807) is 11.3 Å². The van der Waals surface area contributed by atoms with Crippen LogP contribution in [0.2, 0.25) is 0 Å². The monoisotopic (exact) mass is 439 g/mol. The number of hydrogen-bond donors (Lipinski definition) is 1. The Morgan fingerprint density at radius 3 is 2.55 bits per heavy atom. The molecule has 31 heavy (non-hydrogen) atoms. The lowest BCUT2D eigenvalue weighted by molar-refractivity contribution is -0.127. The fourth-order valence-electron chi connectivity index (χ4n) is 4.76. The highest BCUT2D eigenvalue weighted by Crippen LogP contribution is 2.43.